The number of rotatable bonds is 4. The van der Waals surface area contributed by atoms with E-state index in [1.165, 1.54) is 11.6 Å². The van der Waals surface area contributed by atoms with E-state index in [9.17, 15) is 4.39 Å². The average Bonchev–Trinajstić information content (AvgIpc) is 2.42. The third-order valence-corrected chi connectivity index (χ3v) is 3.48. The molecule has 0 aliphatic rings. The van der Waals surface area contributed by atoms with E-state index in [1.54, 1.807) is 6.07 Å². The van der Waals surface area contributed by atoms with Crippen LogP contribution >= 0.6 is 0 Å². The minimum atomic E-state index is -0.150. The number of benzene rings is 2. The van der Waals surface area contributed by atoms with E-state index in [0.29, 0.717) is 11.6 Å². The summed E-state index contributed by atoms with van der Waals surface area (Å²) in [6.45, 7) is 6.99. The maximum Gasteiger partial charge on any atom is 0.126 e. The molecule has 19 heavy (non-hydrogen) atoms. The fourth-order valence-electron chi connectivity index (χ4n) is 2.32. The molecule has 1 N–H and O–H groups in total. The summed E-state index contributed by atoms with van der Waals surface area (Å²) in [6.07, 6.45) is 0. The van der Waals surface area contributed by atoms with E-state index in [0.717, 1.165) is 17.7 Å². The molecule has 0 spiro atoms. The standard InChI is InChI=1S/C17H20FN/c1-4-19-13(3)14-7-5-8-15(11-14)16-9-6-10-17(18)12(16)2/h5-11,13,19H,4H2,1-3H3. The summed E-state index contributed by atoms with van der Waals surface area (Å²) in [6, 6.07) is 13.8. The summed E-state index contributed by atoms with van der Waals surface area (Å²) >= 11 is 0. The summed E-state index contributed by atoms with van der Waals surface area (Å²) in [5.74, 6) is -0.150. The first-order valence-corrected chi connectivity index (χ1v) is 6.72. The molecular formula is C17H20FN. The van der Waals surface area contributed by atoms with E-state index in [2.05, 4.69) is 31.3 Å². The van der Waals surface area contributed by atoms with Crippen molar-refractivity contribution in [3.05, 3.63) is 59.4 Å². The first-order valence-electron chi connectivity index (χ1n) is 6.72. The van der Waals surface area contributed by atoms with Gasteiger partial charge in [-0.15, -0.1) is 0 Å². The summed E-state index contributed by atoms with van der Waals surface area (Å²) in [5.41, 5.74) is 3.96. The van der Waals surface area contributed by atoms with Gasteiger partial charge in [0.1, 0.15) is 5.82 Å². The lowest BCUT2D eigenvalue weighted by Gasteiger charge is -2.15. The molecule has 0 saturated carbocycles. The van der Waals surface area contributed by atoms with E-state index in [-0.39, 0.29) is 5.82 Å². The van der Waals surface area contributed by atoms with Crippen molar-refractivity contribution >= 4 is 0 Å². The molecule has 2 aromatic rings. The van der Waals surface area contributed by atoms with Gasteiger partial charge in [-0.1, -0.05) is 37.3 Å². The maximum absolute atomic E-state index is 13.6. The minimum Gasteiger partial charge on any atom is -0.310 e. The minimum absolute atomic E-state index is 0.150. The monoisotopic (exact) mass is 257 g/mol. The first kappa shape index (κ1) is 13.8. The van der Waals surface area contributed by atoms with Crippen LogP contribution in [0, 0.1) is 12.7 Å². The molecule has 2 rings (SSSR count). The SMILES string of the molecule is CCNC(C)c1cccc(-c2cccc(F)c2C)c1. The lowest BCUT2D eigenvalue weighted by atomic mass is 9.97. The van der Waals surface area contributed by atoms with Crippen molar-refractivity contribution < 1.29 is 4.39 Å². The fraction of sp³-hybridized carbons (Fsp3) is 0.294. The summed E-state index contributed by atoms with van der Waals surface area (Å²) in [4.78, 5) is 0. The number of halogens is 1. The zero-order valence-electron chi connectivity index (χ0n) is 11.7. The quantitative estimate of drug-likeness (QED) is 0.852. The Morgan fingerprint density at radius 3 is 2.63 bits per heavy atom. The zero-order chi connectivity index (χ0) is 13.8. The Labute approximate surface area is 114 Å². The van der Waals surface area contributed by atoms with E-state index >= 15 is 0 Å². The van der Waals surface area contributed by atoms with Crippen molar-refractivity contribution in [2.24, 2.45) is 0 Å². The molecule has 1 unspecified atom stereocenters. The average molecular weight is 257 g/mol. The highest BCUT2D eigenvalue weighted by molar-refractivity contribution is 5.68. The lowest BCUT2D eigenvalue weighted by molar-refractivity contribution is 0.598. The molecule has 0 aliphatic heterocycles. The first-order chi connectivity index (χ1) is 9.13. The predicted molar refractivity (Wildman–Crippen MR) is 78.7 cm³/mol. The van der Waals surface area contributed by atoms with Gasteiger partial charge in [0.05, 0.1) is 0 Å². The molecule has 0 aromatic heterocycles. The highest BCUT2D eigenvalue weighted by Gasteiger charge is 2.08. The Morgan fingerprint density at radius 2 is 1.89 bits per heavy atom. The van der Waals surface area contributed by atoms with Gasteiger partial charge in [-0.2, -0.15) is 0 Å². The Kier molecular flexibility index (Phi) is 4.33. The van der Waals surface area contributed by atoms with Crippen LogP contribution in [0.15, 0.2) is 42.5 Å². The van der Waals surface area contributed by atoms with Crippen LogP contribution in [0.5, 0.6) is 0 Å². The summed E-state index contributed by atoms with van der Waals surface area (Å²) < 4.78 is 13.6. The normalized spacial score (nSPS) is 12.4. The van der Waals surface area contributed by atoms with Crippen LogP contribution in [0.2, 0.25) is 0 Å². The van der Waals surface area contributed by atoms with Crippen molar-refractivity contribution in [3.8, 4) is 11.1 Å². The molecule has 1 nitrogen and oxygen atoms in total. The van der Waals surface area contributed by atoms with Gasteiger partial charge in [0, 0.05) is 6.04 Å². The third kappa shape index (κ3) is 3.02. The summed E-state index contributed by atoms with van der Waals surface area (Å²) in [5, 5.41) is 3.39. The van der Waals surface area contributed by atoms with Gasteiger partial charge in [0.2, 0.25) is 0 Å². The Hall–Kier alpha value is -1.67. The van der Waals surface area contributed by atoms with Gasteiger partial charge in [0.25, 0.3) is 0 Å². The highest BCUT2D eigenvalue weighted by atomic mass is 19.1. The molecule has 0 amide bonds. The molecule has 0 fully saturated rings. The molecule has 0 radical (unpaired) electrons. The van der Waals surface area contributed by atoms with Crippen molar-refractivity contribution in [1.82, 2.24) is 5.32 Å². The molecule has 0 heterocycles. The smallest absolute Gasteiger partial charge is 0.126 e. The van der Waals surface area contributed by atoms with Crippen LogP contribution in [0.4, 0.5) is 4.39 Å². The van der Waals surface area contributed by atoms with Gasteiger partial charge in [-0.05, 0) is 54.8 Å². The highest BCUT2D eigenvalue weighted by Crippen LogP contribution is 2.27. The van der Waals surface area contributed by atoms with Crippen LogP contribution in [0.25, 0.3) is 11.1 Å². The second-order valence-electron chi connectivity index (χ2n) is 4.82. The zero-order valence-corrected chi connectivity index (χ0v) is 11.7. The van der Waals surface area contributed by atoms with Crippen LogP contribution in [0.3, 0.4) is 0 Å². The second-order valence-corrected chi connectivity index (χ2v) is 4.82. The largest absolute Gasteiger partial charge is 0.310 e. The number of nitrogens with one attached hydrogen (secondary N) is 1. The van der Waals surface area contributed by atoms with Crippen LogP contribution in [-0.4, -0.2) is 6.54 Å². The number of hydrogen-bond acceptors (Lipinski definition) is 1. The van der Waals surface area contributed by atoms with Gasteiger partial charge in [0.15, 0.2) is 0 Å². The van der Waals surface area contributed by atoms with Crippen LogP contribution < -0.4 is 5.32 Å². The van der Waals surface area contributed by atoms with Gasteiger partial charge < -0.3 is 5.32 Å². The molecule has 0 bridgehead atoms. The van der Waals surface area contributed by atoms with Gasteiger partial charge in [-0.25, -0.2) is 4.39 Å². The number of hydrogen-bond donors (Lipinski definition) is 1. The van der Waals surface area contributed by atoms with Crippen LogP contribution in [-0.2, 0) is 0 Å². The van der Waals surface area contributed by atoms with Crippen molar-refractivity contribution in [3.63, 3.8) is 0 Å². The topological polar surface area (TPSA) is 12.0 Å². The summed E-state index contributed by atoms with van der Waals surface area (Å²) in [7, 11) is 0. The predicted octanol–water partition coefficient (Wildman–Crippen LogP) is 4.47. The van der Waals surface area contributed by atoms with E-state index in [1.807, 2.05) is 25.1 Å². The molecule has 2 aromatic carbocycles. The van der Waals surface area contributed by atoms with Gasteiger partial charge >= 0.3 is 0 Å². The molecular weight excluding hydrogens is 237 g/mol. The van der Waals surface area contributed by atoms with Crippen molar-refractivity contribution in [2.75, 3.05) is 6.54 Å². The van der Waals surface area contributed by atoms with Crippen LogP contribution in [0.1, 0.15) is 31.0 Å². The molecule has 100 valence electrons. The van der Waals surface area contributed by atoms with Crippen molar-refractivity contribution in [2.45, 2.75) is 26.8 Å². The molecule has 0 saturated heterocycles. The second kappa shape index (κ2) is 5.98. The lowest BCUT2D eigenvalue weighted by Crippen LogP contribution is -2.17. The Morgan fingerprint density at radius 1 is 1.16 bits per heavy atom. The molecule has 0 aliphatic carbocycles. The molecule has 1 atom stereocenters. The van der Waals surface area contributed by atoms with E-state index in [4.69, 9.17) is 0 Å². The van der Waals surface area contributed by atoms with Crippen molar-refractivity contribution in [1.29, 1.82) is 0 Å². The van der Waals surface area contributed by atoms with E-state index < -0.39 is 0 Å². The molecule has 2 heteroatoms. The van der Waals surface area contributed by atoms with Gasteiger partial charge in [-0.3, -0.25) is 0 Å². The fourth-order valence-corrected chi connectivity index (χ4v) is 2.32. The Bertz CT molecular complexity index is 563. The maximum atomic E-state index is 13.6. The third-order valence-electron chi connectivity index (χ3n) is 3.48. The Balaban J connectivity index is 2.40.